The zero-order valence-electron chi connectivity index (χ0n) is 14.0. The second kappa shape index (κ2) is 5.75. The van der Waals surface area contributed by atoms with Crippen molar-refractivity contribution in [1.29, 1.82) is 5.26 Å². The van der Waals surface area contributed by atoms with Crippen molar-refractivity contribution in [3.05, 3.63) is 23.8 Å². The van der Waals surface area contributed by atoms with Gasteiger partial charge in [-0.1, -0.05) is 6.07 Å². The molecule has 116 valence electrons. The zero-order chi connectivity index (χ0) is 16.5. The van der Waals surface area contributed by atoms with Crippen LogP contribution < -0.4 is 5.46 Å². The van der Waals surface area contributed by atoms with Crippen molar-refractivity contribution < 1.29 is 9.31 Å². The fraction of sp³-hybridized carbons (Fsp3) is 0.500. The number of rotatable bonds is 3. The van der Waals surface area contributed by atoms with Crippen molar-refractivity contribution in [2.24, 2.45) is 4.99 Å². The van der Waals surface area contributed by atoms with Gasteiger partial charge in [-0.3, -0.25) is 0 Å². The molecule has 0 atom stereocenters. The van der Waals surface area contributed by atoms with Gasteiger partial charge in [0.2, 0.25) is 0 Å². The highest BCUT2D eigenvalue weighted by atomic mass is 16.7. The average Bonchev–Trinajstić information content (AvgIpc) is 2.65. The summed E-state index contributed by atoms with van der Waals surface area (Å²) in [4.78, 5) is 6.12. The van der Waals surface area contributed by atoms with Gasteiger partial charge in [0.15, 0.2) is 0 Å². The highest BCUT2D eigenvalue weighted by molar-refractivity contribution is 6.62. The Morgan fingerprint density at radius 3 is 2.27 bits per heavy atom. The van der Waals surface area contributed by atoms with Gasteiger partial charge < -0.3 is 14.2 Å². The number of aliphatic imine (C=N–C) groups is 1. The lowest BCUT2D eigenvalue weighted by molar-refractivity contribution is 0.00578. The maximum absolute atomic E-state index is 9.34. The van der Waals surface area contributed by atoms with E-state index in [1.54, 1.807) is 12.4 Å². The number of hydrogen-bond donors (Lipinski definition) is 0. The molecular formula is C16H22BN3O2. The molecule has 0 amide bonds. The fourth-order valence-corrected chi connectivity index (χ4v) is 2.06. The summed E-state index contributed by atoms with van der Waals surface area (Å²) in [5.41, 5.74) is 1.18. The van der Waals surface area contributed by atoms with E-state index in [1.807, 2.05) is 58.8 Å². The molecule has 1 heterocycles. The molecular weight excluding hydrogens is 277 g/mol. The highest BCUT2D eigenvalue weighted by Gasteiger charge is 2.51. The largest absolute Gasteiger partial charge is 0.494 e. The lowest BCUT2D eigenvalue weighted by Gasteiger charge is -2.32. The van der Waals surface area contributed by atoms with Gasteiger partial charge in [-0.05, 0) is 45.3 Å². The number of hydrogen-bond acceptors (Lipinski definition) is 4. The van der Waals surface area contributed by atoms with Gasteiger partial charge in [0, 0.05) is 14.1 Å². The van der Waals surface area contributed by atoms with Gasteiger partial charge in [0.05, 0.1) is 28.8 Å². The summed E-state index contributed by atoms with van der Waals surface area (Å²) < 4.78 is 12.0. The normalized spacial score (nSPS) is 19.4. The van der Waals surface area contributed by atoms with Gasteiger partial charge >= 0.3 is 7.12 Å². The van der Waals surface area contributed by atoms with Crippen LogP contribution in [0.15, 0.2) is 23.2 Å². The standard InChI is InChI=1S/C16H22BN3O2/c1-15(2)16(3,4)22-17(21-15)13-7-8-14(12(9-13)10-18)19-11-20(5)6/h7-9,11H,1-6H3. The molecule has 0 aromatic heterocycles. The van der Waals surface area contributed by atoms with Gasteiger partial charge in [-0.15, -0.1) is 0 Å². The first kappa shape index (κ1) is 16.5. The first-order valence-electron chi connectivity index (χ1n) is 7.26. The highest BCUT2D eigenvalue weighted by Crippen LogP contribution is 2.36. The molecule has 22 heavy (non-hydrogen) atoms. The van der Waals surface area contributed by atoms with E-state index in [4.69, 9.17) is 9.31 Å². The first-order chi connectivity index (χ1) is 10.2. The molecule has 1 aromatic rings. The second-order valence-electron chi connectivity index (χ2n) is 6.68. The third kappa shape index (κ3) is 3.16. The lowest BCUT2D eigenvalue weighted by atomic mass is 9.78. The lowest BCUT2D eigenvalue weighted by Crippen LogP contribution is -2.41. The molecule has 1 fully saturated rings. The van der Waals surface area contributed by atoms with E-state index in [0.717, 1.165) is 5.46 Å². The number of nitriles is 1. The van der Waals surface area contributed by atoms with Crippen LogP contribution in [0.4, 0.5) is 5.69 Å². The minimum atomic E-state index is -0.469. The molecule has 1 aliphatic rings. The fourth-order valence-electron chi connectivity index (χ4n) is 2.06. The number of benzene rings is 1. The topological polar surface area (TPSA) is 57.9 Å². The van der Waals surface area contributed by atoms with Crippen LogP contribution in [0.2, 0.25) is 0 Å². The van der Waals surface area contributed by atoms with E-state index in [1.165, 1.54) is 0 Å². The molecule has 1 saturated heterocycles. The van der Waals surface area contributed by atoms with Crippen LogP contribution in [0, 0.1) is 11.3 Å². The molecule has 0 unspecified atom stereocenters. The van der Waals surface area contributed by atoms with E-state index in [-0.39, 0.29) is 0 Å². The monoisotopic (exact) mass is 299 g/mol. The molecule has 0 bridgehead atoms. The van der Waals surface area contributed by atoms with E-state index in [9.17, 15) is 5.26 Å². The second-order valence-corrected chi connectivity index (χ2v) is 6.68. The molecule has 5 nitrogen and oxygen atoms in total. The Balaban J connectivity index is 2.30. The Labute approximate surface area is 132 Å². The third-order valence-electron chi connectivity index (χ3n) is 4.09. The minimum Gasteiger partial charge on any atom is -0.399 e. The smallest absolute Gasteiger partial charge is 0.399 e. The van der Waals surface area contributed by atoms with Gasteiger partial charge in [0.1, 0.15) is 6.07 Å². The Bertz CT molecular complexity index is 617. The van der Waals surface area contributed by atoms with Crippen molar-refractivity contribution in [3.63, 3.8) is 0 Å². The summed E-state index contributed by atoms with van der Waals surface area (Å²) >= 11 is 0. The van der Waals surface area contributed by atoms with Crippen molar-refractivity contribution in [1.82, 2.24) is 4.90 Å². The Morgan fingerprint density at radius 1 is 1.18 bits per heavy atom. The molecule has 0 aliphatic carbocycles. The Hall–Kier alpha value is -1.84. The quantitative estimate of drug-likeness (QED) is 0.487. The molecule has 1 aromatic carbocycles. The summed E-state index contributed by atoms with van der Waals surface area (Å²) in [5.74, 6) is 0. The maximum Gasteiger partial charge on any atom is 0.494 e. The summed E-state index contributed by atoms with van der Waals surface area (Å²) in [6, 6.07) is 7.68. The number of nitrogens with zero attached hydrogens (tertiary/aromatic N) is 3. The molecule has 2 rings (SSSR count). The Morgan fingerprint density at radius 2 is 1.77 bits per heavy atom. The van der Waals surface area contributed by atoms with Crippen LogP contribution in [0.1, 0.15) is 33.3 Å². The van der Waals surface area contributed by atoms with Gasteiger partial charge in [-0.25, -0.2) is 4.99 Å². The summed E-state index contributed by atoms with van der Waals surface area (Å²) in [5, 5.41) is 9.34. The van der Waals surface area contributed by atoms with E-state index in [2.05, 4.69) is 11.1 Å². The minimum absolute atomic E-state index is 0.397. The van der Waals surface area contributed by atoms with Gasteiger partial charge in [-0.2, -0.15) is 5.26 Å². The van der Waals surface area contributed by atoms with Crippen LogP contribution in [0.3, 0.4) is 0 Å². The van der Waals surface area contributed by atoms with Crippen molar-refractivity contribution in [2.45, 2.75) is 38.9 Å². The van der Waals surface area contributed by atoms with Crippen LogP contribution in [0.25, 0.3) is 0 Å². The third-order valence-corrected chi connectivity index (χ3v) is 4.09. The SMILES string of the molecule is CN(C)C=Nc1ccc(B2OC(C)(C)C(C)(C)O2)cc1C#N. The van der Waals surface area contributed by atoms with Gasteiger partial charge in [0.25, 0.3) is 0 Å². The van der Waals surface area contributed by atoms with Crippen molar-refractivity contribution in [2.75, 3.05) is 14.1 Å². The van der Waals surface area contributed by atoms with Crippen LogP contribution in [0.5, 0.6) is 0 Å². The molecule has 0 saturated carbocycles. The molecule has 0 spiro atoms. The molecule has 6 heteroatoms. The summed E-state index contributed by atoms with van der Waals surface area (Å²) in [7, 11) is 3.30. The van der Waals surface area contributed by atoms with E-state index < -0.39 is 18.3 Å². The summed E-state index contributed by atoms with van der Waals surface area (Å²) in [6.07, 6.45) is 1.67. The molecule has 1 aliphatic heterocycles. The zero-order valence-corrected chi connectivity index (χ0v) is 14.0. The van der Waals surface area contributed by atoms with E-state index in [0.29, 0.717) is 11.3 Å². The van der Waals surface area contributed by atoms with Crippen molar-refractivity contribution >= 4 is 24.6 Å². The maximum atomic E-state index is 9.34. The van der Waals surface area contributed by atoms with Crippen LogP contribution in [-0.4, -0.2) is 43.7 Å². The average molecular weight is 299 g/mol. The molecule has 0 radical (unpaired) electrons. The Kier molecular flexibility index (Phi) is 4.32. The first-order valence-corrected chi connectivity index (χ1v) is 7.26. The van der Waals surface area contributed by atoms with Crippen LogP contribution in [-0.2, 0) is 9.31 Å². The summed E-state index contributed by atoms with van der Waals surface area (Å²) in [6.45, 7) is 8.03. The predicted molar refractivity (Wildman–Crippen MR) is 88.7 cm³/mol. The van der Waals surface area contributed by atoms with Crippen LogP contribution >= 0.6 is 0 Å². The predicted octanol–water partition coefficient (Wildman–Crippen LogP) is 2.08. The van der Waals surface area contributed by atoms with Crippen molar-refractivity contribution in [3.8, 4) is 6.07 Å². The van der Waals surface area contributed by atoms with E-state index >= 15 is 0 Å². The molecule has 0 N–H and O–H groups in total.